The number of hydrogen-bond donors (Lipinski definition) is 4. The molecule has 0 bridgehead atoms. The Hall–Kier alpha value is -4.76. The highest BCUT2D eigenvalue weighted by Gasteiger charge is 2.32. The lowest BCUT2D eigenvalue weighted by atomic mass is 9.95. The maximum atomic E-state index is 12.4. The van der Waals surface area contributed by atoms with E-state index in [2.05, 4.69) is 21.2 Å². The average Bonchev–Trinajstić information content (AvgIpc) is 2.90. The van der Waals surface area contributed by atoms with Crippen LogP contribution in [-0.4, -0.2) is 56.5 Å². The van der Waals surface area contributed by atoms with Crippen molar-refractivity contribution in [1.29, 1.82) is 5.26 Å². The molecule has 2 amide bonds. The third-order valence-corrected chi connectivity index (χ3v) is 5.27. The van der Waals surface area contributed by atoms with E-state index in [1.807, 2.05) is 6.07 Å². The average molecular weight is 524 g/mol. The predicted octanol–water partition coefficient (Wildman–Crippen LogP) is 2.11. The van der Waals surface area contributed by atoms with E-state index in [9.17, 15) is 14.7 Å². The summed E-state index contributed by atoms with van der Waals surface area (Å²) in [4.78, 5) is 24.4. The van der Waals surface area contributed by atoms with Gasteiger partial charge in [0.25, 0.3) is 0 Å². The van der Waals surface area contributed by atoms with E-state index >= 15 is 0 Å². The Labute approximate surface area is 219 Å². The molecule has 1 aliphatic heterocycles. The molecule has 0 aliphatic carbocycles. The first-order valence-corrected chi connectivity index (χ1v) is 11.7. The molecule has 2 aromatic rings. The molecule has 1 aliphatic rings. The van der Waals surface area contributed by atoms with Crippen LogP contribution in [0, 0.1) is 11.3 Å². The number of nitriles is 1. The largest absolute Gasteiger partial charge is 0.490 e. The molecule has 3 rings (SSSR count). The minimum Gasteiger partial charge on any atom is -0.490 e. The lowest BCUT2D eigenvalue weighted by molar-refractivity contribution is -0.136. The molecule has 2 atom stereocenters. The Balaban J connectivity index is 1.67. The number of aliphatic hydroxyl groups excluding tert-OH is 1. The van der Waals surface area contributed by atoms with Gasteiger partial charge in [0.1, 0.15) is 18.4 Å². The molecule has 0 saturated heterocycles. The van der Waals surface area contributed by atoms with Crippen LogP contribution in [0.25, 0.3) is 0 Å². The van der Waals surface area contributed by atoms with Gasteiger partial charge in [0.15, 0.2) is 24.3 Å². The van der Waals surface area contributed by atoms with Crippen molar-refractivity contribution in [2.45, 2.75) is 26.1 Å². The van der Waals surface area contributed by atoms with Crippen molar-refractivity contribution in [2.24, 2.45) is 5.10 Å². The van der Waals surface area contributed by atoms with Crippen LogP contribution in [0.1, 0.15) is 31.0 Å². The van der Waals surface area contributed by atoms with Gasteiger partial charge < -0.3 is 34.7 Å². The fourth-order valence-electron chi connectivity index (χ4n) is 3.62. The Morgan fingerprint density at radius 2 is 2.05 bits per heavy atom. The van der Waals surface area contributed by atoms with Gasteiger partial charge in [-0.05, 0) is 49.2 Å². The van der Waals surface area contributed by atoms with Crippen molar-refractivity contribution in [3.63, 3.8) is 0 Å². The predicted molar refractivity (Wildman–Crippen MR) is 137 cm³/mol. The lowest BCUT2D eigenvalue weighted by Gasteiger charge is -2.28. The third kappa shape index (κ3) is 7.37. The summed E-state index contributed by atoms with van der Waals surface area (Å²) in [7, 11) is 1.27. The summed E-state index contributed by atoms with van der Waals surface area (Å²) < 4.78 is 21.6. The summed E-state index contributed by atoms with van der Waals surface area (Å²) in [6.07, 6.45) is 0.351. The number of aliphatic hydroxyl groups is 1. The maximum Gasteiger partial charge on any atom is 0.337 e. The lowest BCUT2D eigenvalue weighted by Crippen LogP contribution is -2.45. The molecule has 12 nitrogen and oxygen atoms in total. The fourth-order valence-corrected chi connectivity index (χ4v) is 3.62. The van der Waals surface area contributed by atoms with Crippen LogP contribution in [0.15, 0.2) is 58.8 Å². The van der Waals surface area contributed by atoms with Gasteiger partial charge >= 0.3 is 12.0 Å². The van der Waals surface area contributed by atoms with Gasteiger partial charge in [0.05, 0.1) is 31.5 Å². The van der Waals surface area contributed by atoms with Crippen LogP contribution >= 0.6 is 0 Å². The number of nitrogens with zero attached hydrogens (tertiary/aromatic N) is 2. The topological polar surface area (TPSA) is 164 Å². The summed E-state index contributed by atoms with van der Waals surface area (Å²) in [6.45, 7) is 3.54. The van der Waals surface area contributed by atoms with Crippen molar-refractivity contribution < 1.29 is 33.6 Å². The summed E-state index contributed by atoms with van der Waals surface area (Å²) in [6, 6.07) is 12.6. The van der Waals surface area contributed by atoms with Crippen molar-refractivity contribution in [3.05, 3.63) is 64.9 Å². The van der Waals surface area contributed by atoms with Gasteiger partial charge in [0, 0.05) is 5.70 Å². The van der Waals surface area contributed by atoms with Gasteiger partial charge in [0.2, 0.25) is 0 Å². The number of esters is 1. The van der Waals surface area contributed by atoms with Gasteiger partial charge in [-0.3, -0.25) is 5.43 Å². The SMILES string of the molecule is CCOc1cc([C@@H]2NC(=O)NC(C)=C2C(=O)OC)ccc1OC[C@H](O)N/N=C/c1cccc(OCC#N)c1. The van der Waals surface area contributed by atoms with Crippen molar-refractivity contribution in [1.82, 2.24) is 16.1 Å². The molecule has 0 fully saturated rings. The zero-order valence-electron chi connectivity index (χ0n) is 21.2. The number of hydrazone groups is 1. The van der Waals surface area contributed by atoms with E-state index in [-0.39, 0.29) is 18.8 Å². The Bertz CT molecular complexity index is 1250. The summed E-state index contributed by atoms with van der Waals surface area (Å²) in [5.74, 6) is 0.669. The number of benzene rings is 2. The van der Waals surface area contributed by atoms with E-state index in [0.717, 1.165) is 0 Å². The molecular formula is C26H29N5O7. The fraction of sp³-hybridized carbons (Fsp3) is 0.308. The normalized spacial score (nSPS) is 15.7. The van der Waals surface area contributed by atoms with E-state index in [0.29, 0.717) is 40.7 Å². The van der Waals surface area contributed by atoms with Crippen LogP contribution in [0.4, 0.5) is 4.79 Å². The number of rotatable bonds is 12. The summed E-state index contributed by atoms with van der Waals surface area (Å²) in [5.41, 5.74) is 4.51. The number of amides is 2. The second-order valence-corrected chi connectivity index (χ2v) is 7.93. The highest BCUT2D eigenvalue weighted by molar-refractivity contribution is 5.95. The maximum absolute atomic E-state index is 12.4. The number of carbonyl (C=O) groups is 2. The van der Waals surface area contributed by atoms with Crippen LogP contribution in [-0.2, 0) is 9.53 Å². The minimum absolute atomic E-state index is 0.0606. The standard InChI is InChI=1S/C26H29N5O7/c1-4-36-21-13-18(24-23(25(33)35-3)16(2)29-26(34)30-24)8-9-20(21)38-15-22(32)31-28-14-17-6-5-7-19(12-17)37-11-10-27/h5-9,12-14,22,24,31-32H,4,11,15H2,1-3H3,(H2,29,30,34)/b28-14+/t22-,24-/m0/s1. The van der Waals surface area contributed by atoms with Gasteiger partial charge in [-0.25, -0.2) is 9.59 Å². The van der Waals surface area contributed by atoms with E-state index in [1.165, 1.54) is 13.3 Å². The van der Waals surface area contributed by atoms with E-state index in [1.54, 1.807) is 56.3 Å². The Kier molecular flexibility index (Phi) is 9.90. The number of methoxy groups -OCH3 is 1. The first-order chi connectivity index (χ1) is 18.4. The van der Waals surface area contributed by atoms with Crippen LogP contribution in [0.2, 0.25) is 0 Å². The van der Waals surface area contributed by atoms with Crippen molar-refractivity contribution in [3.8, 4) is 23.3 Å². The van der Waals surface area contributed by atoms with Crippen molar-refractivity contribution >= 4 is 18.2 Å². The molecule has 12 heteroatoms. The van der Waals surface area contributed by atoms with Crippen LogP contribution in [0.5, 0.6) is 17.2 Å². The zero-order valence-corrected chi connectivity index (χ0v) is 21.2. The molecule has 0 radical (unpaired) electrons. The molecule has 4 N–H and O–H groups in total. The number of hydrogen-bond acceptors (Lipinski definition) is 10. The number of carbonyl (C=O) groups excluding carboxylic acids is 2. The molecule has 2 aromatic carbocycles. The van der Waals surface area contributed by atoms with Gasteiger partial charge in [-0.2, -0.15) is 10.4 Å². The minimum atomic E-state index is -1.14. The first kappa shape index (κ1) is 27.8. The molecule has 0 spiro atoms. The highest BCUT2D eigenvalue weighted by atomic mass is 16.5. The summed E-state index contributed by atoms with van der Waals surface area (Å²) in [5, 5.41) is 28.2. The molecule has 38 heavy (non-hydrogen) atoms. The second-order valence-electron chi connectivity index (χ2n) is 7.93. The zero-order chi connectivity index (χ0) is 27.5. The van der Waals surface area contributed by atoms with Gasteiger partial charge in [-0.15, -0.1) is 0 Å². The number of nitrogens with one attached hydrogen (secondary N) is 3. The highest BCUT2D eigenvalue weighted by Crippen LogP contribution is 2.34. The number of allylic oxidation sites excluding steroid dienone is 1. The molecule has 0 saturated carbocycles. The van der Waals surface area contributed by atoms with Gasteiger partial charge in [-0.1, -0.05) is 18.2 Å². The number of ether oxygens (including phenoxy) is 4. The Morgan fingerprint density at radius 3 is 2.79 bits per heavy atom. The molecule has 1 heterocycles. The quantitative estimate of drug-likeness (QED) is 0.141. The monoisotopic (exact) mass is 523 g/mol. The van der Waals surface area contributed by atoms with Crippen LogP contribution < -0.4 is 30.3 Å². The third-order valence-electron chi connectivity index (χ3n) is 5.27. The molecular weight excluding hydrogens is 494 g/mol. The molecule has 0 aromatic heterocycles. The van der Waals surface area contributed by atoms with Crippen molar-refractivity contribution in [2.75, 3.05) is 26.9 Å². The van der Waals surface area contributed by atoms with E-state index in [4.69, 9.17) is 24.2 Å². The van der Waals surface area contributed by atoms with E-state index < -0.39 is 24.3 Å². The number of urea groups is 1. The van der Waals surface area contributed by atoms with Crippen LogP contribution in [0.3, 0.4) is 0 Å². The second kappa shape index (κ2) is 13.5. The first-order valence-electron chi connectivity index (χ1n) is 11.7. The summed E-state index contributed by atoms with van der Waals surface area (Å²) >= 11 is 0. The molecule has 0 unspecified atom stereocenters. The molecule has 200 valence electrons. The smallest absolute Gasteiger partial charge is 0.337 e. The Morgan fingerprint density at radius 1 is 1.24 bits per heavy atom.